The number of hydrogen-bond acceptors (Lipinski definition) is 4. The predicted molar refractivity (Wildman–Crippen MR) is 94.0 cm³/mol. The molecule has 1 amide bonds. The summed E-state index contributed by atoms with van der Waals surface area (Å²) < 4.78 is 10.7. The molecule has 3 N–H and O–H groups in total. The summed E-state index contributed by atoms with van der Waals surface area (Å²) in [5.74, 6) is 0.628. The van der Waals surface area contributed by atoms with Crippen LogP contribution in [0.15, 0.2) is 48.5 Å². The number of nitrogens with one attached hydrogen (secondary N) is 1. The maximum atomic E-state index is 12.5. The molecular formula is C19H22N2O3. The summed E-state index contributed by atoms with van der Waals surface area (Å²) in [6.07, 6.45) is 1.07. The zero-order valence-electron chi connectivity index (χ0n) is 13.7. The van der Waals surface area contributed by atoms with Gasteiger partial charge in [-0.05, 0) is 36.6 Å². The molecule has 0 aromatic heterocycles. The van der Waals surface area contributed by atoms with Gasteiger partial charge in [-0.1, -0.05) is 30.3 Å². The molecule has 0 radical (unpaired) electrons. The predicted octanol–water partition coefficient (Wildman–Crippen LogP) is 2.81. The number of carbonyl (C=O) groups excluding carboxylic acids is 1. The summed E-state index contributed by atoms with van der Waals surface area (Å²) in [6.45, 7) is 1.04. The van der Waals surface area contributed by atoms with Crippen molar-refractivity contribution in [2.24, 2.45) is 5.73 Å². The van der Waals surface area contributed by atoms with Crippen molar-refractivity contribution < 1.29 is 14.3 Å². The molecule has 0 atom stereocenters. The molecule has 5 heteroatoms. The Morgan fingerprint density at radius 1 is 1.17 bits per heavy atom. The van der Waals surface area contributed by atoms with Crippen LogP contribution in [-0.4, -0.2) is 31.8 Å². The number of benzene rings is 2. The number of nitrogens with two attached hydrogens (primary N) is 1. The third kappa shape index (κ3) is 3.42. The highest BCUT2D eigenvalue weighted by Gasteiger charge is 2.35. The molecule has 1 aliphatic rings. The molecule has 1 fully saturated rings. The highest BCUT2D eigenvalue weighted by molar-refractivity contribution is 5.98. The van der Waals surface area contributed by atoms with E-state index in [1.54, 1.807) is 7.11 Å². The summed E-state index contributed by atoms with van der Waals surface area (Å²) in [5.41, 5.74) is 8.04. The lowest BCUT2D eigenvalue weighted by Gasteiger charge is -2.31. The van der Waals surface area contributed by atoms with Crippen LogP contribution in [0.2, 0.25) is 0 Å². The second kappa shape index (κ2) is 7.03. The Balaban J connectivity index is 1.82. The topological polar surface area (TPSA) is 73.6 Å². The van der Waals surface area contributed by atoms with Gasteiger partial charge in [0.15, 0.2) is 0 Å². The maximum absolute atomic E-state index is 12.5. The van der Waals surface area contributed by atoms with Gasteiger partial charge in [-0.25, -0.2) is 0 Å². The minimum absolute atomic E-state index is 0.164. The first-order valence-corrected chi connectivity index (χ1v) is 8.04. The van der Waals surface area contributed by atoms with E-state index in [1.165, 1.54) is 0 Å². The molecule has 2 aromatic carbocycles. The maximum Gasteiger partial charge on any atom is 0.244 e. The molecule has 0 aliphatic carbocycles. The quantitative estimate of drug-likeness (QED) is 0.906. The Labute approximate surface area is 141 Å². The van der Waals surface area contributed by atoms with Gasteiger partial charge in [0.2, 0.25) is 5.91 Å². The molecule has 0 saturated carbocycles. The van der Waals surface area contributed by atoms with Crippen molar-refractivity contribution in [3.05, 3.63) is 48.5 Å². The SMILES string of the molecule is COc1ccccc1-c1cccc(NC(=O)C2(N)CCOCC2)c1. The van der Waals surface area contributed by atoms with Crippen molar-refractivity contribution in [1.29, 1.82) is 0 Å². The smallest absolute Gasteiger partial charge is 0.244 e. The minimum atomic E-state index is -0.862. The third-order valence-electron chi connectivity index (χ3n) is 4.38. The van der Waals surface area contributed by atoms with E-state index in [9.17, 15) is 4.79 Å². The van der Waals surface area contributed by atoms with Crippen molar-refractivity contribution in [2.45, 2.75) is 18.4 Å². The Hall–Kier alpha value is -2.37. The number of anilines is 1. The molecule has 1 aliphatic heterocycles. The van der Waals surface area contributed by atoms with Crippen LogP contribution < -0.4 is 15.8 Å². The van der Waals surface area contributed by atoms with Crippen molar-refractivity contribution in [3.63, 3.8) is 0 Å². The molecule has 1 saturated heterocycles. The fourth-order valence-electron chi connectivity index (χ4n) is 2.87. The van der Waals surface area contributed by atoms with Crippen LogP contribution in [0.5, 0.6) is 5.75 Å². The first kappa shape index (κ1) is 16.5. The number of carbonyl (C=O) groups is 1. The fourth-order valence-corrected chi connectivity index (χ4v) is 2.87. The molecule has 24 heavy (non-hydrogen) atoms. The van der Waals surface area contributed by atoms with Crippen molar-refractivity contribution in [2.75, 3.05) is 25.6 Å². The van der Waals surface area contributed by atoms with Crippen LogP contribution in [0.4, 0.5) is 5.69 Å². The number of amides is 1. The van der Waals surface area contributed by atoms with E-state index in [0.717, 1.165) is 22.6 Å². The van der Waals surface area contributed by atoms with Gasteiger partial charge in [-0.15, -0.1) is 0 Å². The summed E-state index contributed by atoms with van der Waals surface area (Å²) in [4.78, 5) is 12.5. The van der Waals surface area contributed by atoms with E-state index in [1.807, 2.05) is 48.5 Å². The summed E-state index contributed by atoms with van der Waals surface area (Å²) in [6, 6.07) is 15.5. The zero-order chi connectivity index (χ0) is 17.0. The fraction of sp³-hybridized carbons (Fsp3) is 0.316. The molecule has 126 valence electrons. The van der Waals surface area contributed by atoms with Crippen LogP contribution in [-0.2, 0) is 9.53 Å². The molecule has 0 bridgehead atoms. The Bertz CT molecular complexity index is 724. The summed E-state index contributed by atoms with van der Waals surface area (Å²) in [5, 5.41) is 2.94. The van der Waals surface area contributed by atoms with E-state index < -0.39 is 5.54 Å². The largest absolute Gasteiger partial charge is 0.496 e. The second-order valence-electron chi connectivity index (χ2n) is 6.00. The van der Waals surface area contributed by atoms with Gasteiger partial charge in [-0.2, -0.15) is 0 Å². The van der Waals surface area contributed by atoms with Crippen LogP contribution in [0, 0.1) is 0 Å². The number of para-hydroxylation sites is 1. The van der Waals surface area contributed by atoms with Gasteiger partial charge in [0.05, 0.1) is 7.11 Å². The van der Waals surface area contributed by atoms with Crippen molar-refractivity contribution >= 4 is 11.6 Å². The highest BCUT2D eigenvalue weighted by Crippen LogP contribution is 2.31. The lowest BCUT2D eigenvalue weighted by Crippen LogP contribution is -2.54. The number of rotatable bonds is 4. The Morgan fingerprint density at radius 3 is 2.67 bits per heavy atom. The van der Waals surface area contributed by atoms with Crippen LogP contribution in [0.25, 0.3) is 11.1 Å². The van der Waals surface area contributed by atoms with Crippen LogP contribution in [0.1, 0.15) is 12.8 Å². The van der Waals surface area contributed by atoms with E-state index >= 15 is 0 Å². The monoisotopic (exact) mass is 326 g/mol. The van der Waals surface area contributed by atoms with Crippen molar-refractivity contribution in [3.8, 4) is 16.9 Å². The number of methoxy groups -OCH3 is 1. The average Bonchev–Trinajstić information content (AvgIpc) is 2.62. The lowest BCUT2D eigenvalue weighted by atomic mass is 9.90. The standard InChI is InChI=1S/C19H22N2O3/c1-23-17-8-3-2-7-16(17)14-5-4-6-15(13-14)21-18(22)19(20)9-11-24-12-10-19/h2-8,13H,9-12,20H2,1H3,(H,21,22). The normalized spacial score (nSPS) is 16.4. The first-order valence-electron chi connectivity index (χ1n) is 8.04. The average molecular weight is 326 g/mol. The van der Waals surface area contributed by atoms with E-state index in [0.29, 0.717) is 26.1 Å². The van der Waals surface area contributed by atoms with E-state index in [4.69, 9.17) is 15.2 Å². The molecule has 0 spiro atoms. The first-order chi connectivity index (χ1) is 11.6. The Morgan fingerprint density at radius 2 is 1.92 bits per heavy atom. The highest BCUT2D eigenvalue weighted by atomic mass is 16.5. The zero-order valence-corrected chi connectivity index (χ0v) is 13.7. The lowest BCUT2D eigenvalue weighted by molar-refractivity contribution is -0.124. The van der Waals surface area contributed by atoms with Crippen molar-refractivity contribution in [1.82, 2.24) is 0 Å². The van der Waals surface area contributed by atoms with Gasteiger partial charge in [0.25, 0.3) is 0 Å². The van der Waals surface area contributed by atoms with Gasteiger partial charge in [-0.3, -0.25) is 4.79 Å². The summed E-state index contributed by atoms with van der Waals surface area (Å²) in [7, 11) is 1.65. The minimum Gasteiger partial charge on any atom is -0.496 e. The molecule has 2 aromatic rings. The van der Waals surface area contributed by atoms with E-state index in [-0.39, 0.29) is 5.91 Å². The third-order valence-corrected chi connectivity index (χ3v) is 4.38. The summed E-state index contributed by atoms with van der Waals surface area (Å²) >= 11 is 0. The van der Waals surface area contributed by atoms with Crippen LogP contribution >= 0.6 is 0 Å². The molecule has 3 rings (SSSR count). The van der Waals surface area contributed by atoms with Crippen LogP contribution in [0.3, 0.4) is 0 Å². The molecular weight excluding hydrogens is 304 g/mol. The van der Waals surface area contributed by atoms with Gasteiger partial charge < -0.3 is 20.5 Å². The van der Waals surface area contributed by atoms with E-state index in [2.05, 4.69) is 5.32 Å². The number of ether oxygens (including phenoxy) is 2. The second-order valence-corrected chi connectivity index (χ2v) is 6.00. The van der Waals surface area contributed by atoms with Gasteiger partial charge >= 0.3 is 0 Å². The Kier molecular flexibility index (Phi) is 4.83. The molecule has 0 unspecified atom stereocenters. The molecule has 5 nitrogen and oxygen atoms in total. The molecule has 1 heterocycles. The number of hydrogen-bond donors (Lipinski definition) is 2. The van der Waals surface area contributed by atoms with Gasteiger partial charge in [0, 0.05) is 24.5 Å². The van der Waals surface area contributed by atoms with Gasteiger partial charge in [0.1, 0.15) is 11.3 Å².